The molecule has 204 valence electrons. The normalized spacial score (nSPS) is 15.9. The molecule has 1 aliphatic rings. The number of nitro benzene ring substituents is 1. The lowest BCUT2D eigenvalue weighted by Gasteiger charge is -2.24. The number of rotatable bonds is 8. The number of nitro groups is 1. The summed E-state index contributed by atoms with van der Waals surface area (Å²) < 4.78 is 5.97. The topological polar surface area (TPSA) is 107 Å². The Kier molecular flexibility index (Phi) is 8.00. The predicted molar refractivity (Wildman–Crippen MR) is 155 cm³/mol. The van der Waals surface area contributed by atoms with Crippen molar-refractivity contribution in [3.8, 4) is 11.3 Å². The van der Waals surface area contributed by atoms with Crippen LogP contribution in [0, 0.1) is 10.1 Å². The number of nitrogens with zero attached hydrogens (tertiary/aromatic N) is 3. The van der Waals surface area contributed by atoms with Crippen molar-refractivity contribution in [3.63, 3.8) is 0 Å². The summed E-state index contributed by atoms with van der Waals surface area (Å²) in [6.45, 7) is 4.01. The zero-order chi connectivity index (χ0) is 28.4. The fraction of sp³-hybridized carbons (Fsp3) is 0.233. The number of esters is 1. The van der Waals surface area contributed by atoms with Crippen LogP contribution in [0.3, 0.4) is 0 Å². The van der Waals surface area contributed by atoms with E-state index in [1.807, 2.05) is 44.2 Å². The van der Waals surface area contributed by atoms with Crippen molar-refractivity contribution in [2.24, 2.45) is 0 Å². The van der Waals surface area contributed by atoms with Crippen molar-refractivity contribution in [1.82, 2.24) is 9.97 Å². The first kappa shape index (κ1) is 27.6. The Morgan fingerprint density at radius 2 is 1.75 bits per heavy atom. The number of hydrogen-bond donors (Lipinski definition) is 1. The van der Waals surface area contributed by atoms with Gasteiger partial charge in [0.05, 0.1) is 38.6 Å². The van der Waals surface area contributed by atoms with Gasteiger partial charge in [0.25, 0.3) is 5.69 Å². The Bertz CT molecular complexity index is 1590. The fourth-order valence-electron chi connectivity index (χ4n) is 4.92. The van der Waals surface area contributed by atoms with Crippen molar-refractivity contribution < 1.29 is 14.5 Å². The molecule has 4 aromatic rings. The SMILES string of the molecule is CCc1nc(-c2ccc(Cl)cc2Cl)c(CC)nc1N[C@@H]1c2ccccc2C[C@H]1OC(=O)c1ccc([N+](=O)[O-])cc1. The molecule has 3 aromatic carbocycles. The second-order valence-electron chi connectivity index (χ2n) is 9.42. The Labute approximate surface area is 241 Å². The molecule has 0 unspecified atom stereocenters. The Morgan fingerprint density at radius 1 is 1.02 bits per heavy atom. The first-order valence-corrected chi connectivity index (χ1v) is 13.7. The summed E-state index contributed by atoms with van der Waals surface area (Å²) in [5.41, 5.74) is 5.22. The number of aryl methyl sites for hydroxylation is 2. The van der Waals surface area contributed by atoms with Crippen LogP contribution in [0.2, 0.25) is 10.0 Å². The van der Waals surface area contributed by atoms with Gasteiger partial charge in [-0.1, -0.05) is 61.3 Å². The van der Waals surface area contributed by atoms with Gasteiger partial charge in [-0.15, -0.1) is 0 Å². The van der Waals surface area contributed by atoms with Crippen molar-refractivity contribution in [1.29, 1.82) is 0 Å². The van der Waals surface area contributed by atoms with Crippen LogP contribution in [-0.2, 0) is 24.0 Å². The van der Waals surface area contributed by atoms with E-state index < -0.39 is 17.0 Å². The first-order valence-electron chi connectivity index (χ1n) is 12.9. The van der Waals surface area contributed by atoms with Gasteiger partial charge in [0.1, 0.15) is 11.9 Å². The minimum atomic E-state index is -0.553. The third-order valence-electron chi connectivity index (χ3n) is 6.94. The summed E-state index contributed by atoms with van der Waals surface area (Å²) in [5.74, 6) is 0.0644. The molecule has 0 amide bonds. The highest BCUT2D eigenvalue weighted by Gasteiger charge is 2.36. The summed E-state index contributed by atoms with van der Waals surface area (Å²) in [4.78, 5) is 33.5. The molecule has 0 fully saturated rings. The largest absolute Gasteiger partial charge is 0.456 e. The quantitative estimate of drug-likeness (QED) is 0.132. The number of fused-ring (bicyclic) bond motifs is 1. The van der Waals surface area contributed by atoms with E-state index in [1.54, 1.807) is 12.1 Å². The van der Waals surface area contributed by atoms with Crippen LogP contribution < -0.4 is 5.32 Å². The zero-order valence-electron chi connectivity index (χ0n) is 21.9. The highest BCUT2D eigenvalue weighted by atomic mass is 35.5. The van der Waals surface area contributed by atoms with Gasteiger partial charge >= 0.3 is 5.97 Å². The van der Waals surface area contributed by atoms with Crippen LogP contribution in [0.25, 0.3) is 11.3 Å². The number of ether oxygens (including phenoxy) is 1. The molecule has 1 aliphatic carbocycles. The first-order chi connectivity index (χ1) is 19.3. The molecule has 1 aromatic heterocycles. The van der Waals surface area contributed by atoms with E-state index in [4.69, 9.17) is 37.9 Å². The van der Waals surface area contributed by atoms with Crippen molar-refractivity contribution in [2.45, 2.75) is 45.3 Å². The van der Waals surface area contributed by atoms with E-state index in [0.29, 0.717) is 40.8 Å². The van der Waals surface area contributed by atoms with Crippen molar-refractivity contribution in [3.05, 3.63) is 115 Å². The van der Waals surface area contributed by atoms with Crippen LogP contribution in [0.15, 0.2) is 66.7 Å². The highest BCUT2D eigenvalue weighted by Crippen LogP contribution is 2.38. The molecular formula is C30H26Cl2N4O4. The number of carbonyl (C=O) groups is 1. The van der Waals surface area contributed by atoms with E-state index in [2.05, 4.69) is 5.32 Å². The molecule has 40 heavy (non-hydrogen) atoms. The highest BCUT2D eigenvalue weighted by molar-refractivity contribution is 6.36. The van der Waals surface area contributed by atoms with E-state index in [1.165, 1.54) is 24.3 Å². The molecule has 0 radical (unpaired) electrons. The van der Waals surface area contributed by atoms with Crippen molar-refractivity contribution >= 4 is 40.7 Å². The Hall–Kier alpha value is -4.01. The van der Waals surface area contributed by atoms with Gasteiger partial charge in [-0.05, 0) is 54.3 Å². The minimum absolute atomic E-state index is 0.0925. The lowest BCUT2D eigenvalue weighted by Crippen LogP contribution is -2.28. The van der Waals surface area contributed by atoms with E-state index >= 15 is 0 Å². The molecule has 0 saturated carbocycles. The summed E-state index contributed by atoms with van der Waals surface area (Å²) in [6, 6.07) is 18.3. The smallest absolute Gasteiger partial charge is 0.338 e. The monoisotopic (exact) mass is 576 g/mol. The lowest BCUT2D eigenvalue weighted by atomic mass is 10.1. The number of nitrogens with one attached hydrogen (secondary N) is 1. The molecule has 10 heteroatoms. The second kappa shape index (κ2) is 11.6. The molecule has 8 nitrogen and oxygen atoms in total. The number of anilines is 1. The van der Waals surface area contributed by atoms with E-state index in [0.717, 1.165) is 28.1 Å². The average Bonchev–Trinajstić information content (AvgIpc) is 3.29. The number of halogens is 2. The summed E-state index contributed by atoms with van der Waals surface area (Å²) in [6.07, 6.45) is 1.22. The van der Waals surface area contributed by atoms with Crippen LogP contribution in [0.5, 0.6) is 0 Å². The van der Waals surface area contributed by atoms with Gasteiger partial charge in [0.2, 0.25) is 0 Å². The molecule has 0 aliphatic heterocycles. The van der Waals surface area contributed by atoms with Crippen LogP contribution in [-0.4, -0.2) is 27.0 Å². The van der Waals surface area contributed by atoms with Crippen LogP contribution >= 0.6 is 23.2 Å². The fourth-order valence-corrected chi connectivity index (χ4v) is 5.42. The van der Waals surface area contributed by atoms with Crippen LogP contribution in [0.1, 0.15) is 52.8 Å². The standard InChI is InChI=1S/C30H26Cl2N4O4/c1-3-24-27(22-14-11-19(31)16-23(22)32)33-25(4-2)29(34-24)35-28-21-8-6-5-7-18(21)15-26(28)40-30(37)17-9-12-20(13-10-17)36(38)39/h5-14,16,26,28H,3-4,15H2,1-2H3,(H,34,35)/t26-,28-/m1/s1. The molecular weight excluding hydrogens is 551 g/mol. The summed E-state index contributed by atoms with van der Waals surface area (Å²) in [7, 11) is 0. The van der Waals surface area contributed by atoms with Gasteiger partial charge in [-0.2, -0.15) is 0 Å². The lowest BCUT2D eigenvalue weighted by molar-refractivity contribution is -0.384. The molecule has 2 atom stereocenters. The average molecular weight is 577 g/mol. The summed E-state index contributed by atoms with van der Waals surface area (Å²) >= 11 is 12.6. The zero-order valence-corrected chi connectivity index (χ0v) is 23.4. The maximum absolute atomic E-state index is 13.0. The van der Waals surface area contributed by atoms with Gasteiger partial charge < -0.3 is 10.1 Å². The molecule has 0 saturated heterocycles. The maximum Gasteiger partial charge on any atom is 0.338 e. The van der Waals surface area contributed by atoms with Gasteiger partial charge in [0, 0.05) is 29.1 Å². The number of benzene rings is 3. The van der Waals surface area contributed by atoms with E-state index in [9.17, 15) is 14.9 Å². The predicted octanol–water partition coefficient (Wildman–Crippen LogP) is 7.42. The number of non-ortho nitro benzene ring substituents is 1. The number of carbonyl (C=O) groups excluding carboxylic acids is 1. The van der Waals surface area contributed by atoms with Gasteiger partial charge in [-0.25, -0.2) is 14.8 Å². The molecule has 0 spiro atoms. The van der Waals surface area contributed by atoms with Crippen LogP contribution in [0.4, 0.5) is 11.5 Å². The molecule has 5 rings (SSSR count). The molecule has 0 bridgehead atoms. The van der Waals surface area contributed by atoms with Crippen molar-refractivity contribution in [2.75, 3.05) is 5.32 Å². The second-order valence-corrected chi connectivity index (χ2v) is 10.3. The Balaban J connectivity index is 1.47. The third-order valence-corrected chi connectivity index (χ3v) is 7.49. The molecule has 1 N–H and O–H groups in total. The number of aromatic nitrogens is 2. The van der Waals surface area contributed by atoms with Gasteiger partial charge in [-0.3, -0.25) is 10.1 Å². The van der Waals surface area contributed by atoms with Gasteiger partial charge in [0.15, 0.2) is 0 Å². The number of hydrogen-bond acceptors (Lipinski definition) is 7. The third kappa shape index (κ3) is 5.50. The summed E-state index contributed by atoms with van der Waals surface area (Å²) in [5, 5.41) is 15.6. The maximum atomic E-state index is 13.0. The Morgan fingerprint density at radius 3 is 2.42 bits per heavy atom. The minimum Gasteiger partial charge on any atom is -0.456 e. The van der Waals surface area contributed by atoms with E-state index in [-0.39, 0.29) is 17.3 Å². The molecule has 1 heterocycles.